The van der Waals surface area contributed by atoms with E-state index in [4.69, 9.17) is 49.2 Å². The average molecular weight is 544 g/mol. The first-order valence-corrected chi connectivity index (χ1v) is 11.6. The van der Waals surface area contributed by atoms with Crippen LogP contribution >= 0.6 is 69.9 Å². The standard InChI is InChI=1S/C13H12Cl4N12S2/c14-5-20-6(15)24-11(23-5)29(1-3-30-12-25-7(16)21-9(18)27-12)2-4-31-13-26-8(17)22-10(19)28-13/h1-4H2,(H2,18,21,25,27)(H2,19,22,26,28)/i/hD2. The Labute approximate surface area is 207 Å². The fraction of sp³-hybridized carbons (Fsp3) is 0.308. The highest BCUT2D eigenvalue weighted by atomic mass is 35.5. The summed E-state index contributed by atoms with van der Waals surface area (Å²) < 4.78 is 14.3. The van der Waals surface area contributed by atoms with Gasteiger partial charge in [0.25, 0.3) is 0 Å². The molecule has 3 aromatic rings. The maximum absolute atomic E-state index is 7.16. The summed E-state index contributed by atoms with van der Waals surface area (Å²) in [4.78, 5) is 37.6. The molecule has 164 valence electrons. The van der Waals surface area contributed by atoms with Gasteiger partial charge >= 0.3 is 0 Å². The predicted molar refractivity (Wildman–Crippen MR) is 122 cm³/mol. The normalized spacial score (nSPS) is 11.6. The van der Waals surface area contributed by atoms with E-state index in [1.807, 2.05) is 4.90 Å². The van der Waals surface area contributed by atoms with Crippen molar-refractivity contribution in [2.75, 3.05) is 40.9 Å². The monoisotopic (exact) mass is 542 g/mol. The Bertz CT molecular complexity index is 1020. The molecule has 4 N–H and O–H groups in total. The Morgan fingerprint density at radius 2 is 1.10 bits per heavy atom. The van der Waals surface area contributed by atoms with Crippen LogP contribution in [0.25, 0.3) is 0 Å². The van der Waals surface area contributed by atoms with Crippen molar-refractivity contribution in [3.05, 3.63) is 21.1 Å². The van der Waals surface area contributed by atoms with Gasteiger partial charge in [0.2, 0.25) is 39.0 Å². The van der Waals surface area contributed by atoms with Crippen molar-refractivity contribution < 1.29 is 2.82 Å². The van der Waals surface area contributed by atoms with Gasteiger partial charge in [0, 0.05) is 24.6 Å². The summed E-state index contributed by atoms with van der Waals surface area (Å²) in [5.74, 6) is 1.38. The van der Waals surface area contributed by atoms with Gasteiger partial charge in [0.05, 0.1) is 0 Å². The number of anilines is 3. The molecule has 0 aliphatic heterocycles. The number of thioether (sulfide) groups is 2. The van der Waals surface area contributed by atoms with Gasteiger partial charge < -0.3 is 16.4 Å². The second-order valence-electron chi connectivity index (χ2n) is 5.28. The molecule has 0 aromatic carbocycles. The highest BCUT2D eigenvalue weighted by Crippen LogP contribution is 2.20. The molecule has 0 atom stereocenters. The van der Waals surface area contributed by atoms with E-state index in [0.717, 1.165) is 0 Å². The largest absolute Gasteiger partial charge is 0.368 e. The third-order valence-corrected chi connectivity index (χ3v) is 5.54. The van der Waals surface area contributed by atoms with Crippen LogP contribution in [-0.2, 0) is 0 Å². The molecule has 0 fully saturated rings. The summed E-state index contributed by atoms with van der Waals surface area (Å²) in [6.45, 7) is 0.901. The lowest BCUT2D eigenvalue weighted by atomic mass is 10.5. The minimum Gasteiger partial charge on any atom is -0.368 e. The van der Waals surface area contributed by atoms with Gasteiger partial charge in [-0.3, -0.25) is 0 Å². The summed E-state index contributed by atoms with van der Waals surface area (Å²) in [6, 6.07) is 0. The highest BCUT2D eigenvalue weighted by molar-refractivity contribution is 7.99. The summed E-state index contributed by atoms with van der Waals surface area (Å²) in [7, 11) is 0. The predicted octanol–water partition coefficient (Wildman–Crippen LogP) is 2.41. The molecule has 31 heavy (non-hydrogen) atoms. The van der Waals surface area contributed by atoms with Crippen LogP contribution in [0.15, 0.2) is 10.3 Å². The number of nitrogen functional groups attached to an aromatic ring is 2. The third kappa shape index (κ3) is 7.73. The van der Waals surface area contributed by atoms with Crippen molar-refractivity contribution >= 4 is 87.8 Å². The Morgan fingerprint density at radius 1 is 0.645 bits per heavy atom. The number of nitrogens with zero attached hydrogens (tertiary/aromatic N) is 10. The molecule has 0 saturated heterocycles. The Hall–Kier alpha value is -1.71. The number of aromatic nitrogens is 9. The van der Waals surface area contributed by atoms with E-state index >= 15 is 0 Å². The van der Waals surface area contributed by atoms with Crippen LogP contribution in [0.5, 0.6) is 0 Å². The zero-order valence-corrected chi connectivity index (χ0v) is 19.8. The molecule has 18 heteroatoms. The molecule has 0 amide bonds. The van der Waals surface area contributed by atoms with Crippen molar-refractivity contribution in [1.29, 1.82) is 0 Å². The van der Waals surface area contributed by atoms with Gasteiger partial charge in [-0.25, -0.2) is 0 Å². The molecule has 3 rings (SSSR count). The number of hydrogen-bond acceptors (Lipinski definition) is 14. The van der Waals surface area contributed by atoms with Crippen LogP contribution in [-0.4, -0.2) is 69.5 Å². The maximum atomic E-state index is 7.16. The zero-order valence-electron chi connectivity index (χ0n) is 17.1. The van der Waals surface area contributed by atoms with E-state index in [-0.39, 0.29) is 39.0 Å². The van der Waals surface area contributed by atoms with Gasteiger partial charge in [-0.2, -0.15) is 44.9 Å². The van der Waals surface area contributed by atoms with Gasteiger partial charge in [0.1, 0.15) is 0 Å². The molecule has 3 heterocycles. The Morgan fingerprint density at radius 3 is 1.55 bits per heavy atom. The number of rotatable bonds is 11. The van der Waals surface area contributed by atoms with Crippen molar-refractivity contribution in [1.82, 2.24) is 44.9 Å². The van der Waals surface area contributed by atoms with Gasteiger partial charge in [-0.15, -0.1) is 0 Å². The van der Waals surface area contributed by atoms with Crippen LogP contribution in [0, 0.1) is 0 Å². The van der Waals surface area contributed by atoms with Gasteiger partial charge in [-0.05, 0) is 46.4 Å². The quantitative estimate of drug-likeness (QED) is 0.337. The lowest BCUT2D eigenvalue weighted by Gasteiger charge is -2.22. The molecule has 0 unspecified atom stereocenters. The molecule has 0 aliphatic rings. The minimum absolute atomic E-state index is 0.0240. The molecule has 0 spiro atoms. The maximum Gasteiger partial charge on any atom is 0.231 e. The fourth-order valence-electron chi connectivity index (χ4n) is 2.06. The summed E-state index contributed by atoms with van der Waals surface area (Å²) in [5, 5.41) is 0.567. The van der Waals surface area contributed by atoms with Crippen LogP contribution in [0.4, 0.5) is 17.8 Å². The van der Waals surface area contributed by atoms with E-state index in [2.05, 4.69) is 56.3 Å². The summed E-state index contributed by atoms with van der Waals surface area (Å²) >= 11 is 26.2. The minimum atomic E-state index is -0.0406. The third-order valence-electron chi connectivity index (χ3n) is 3.21. The second kappa shape index (κ2) is 11.2. The SMILES string of the molecule is [2H]Nc1nc(Cl)nc(SCCN(CCSc2nc(Cl)nc(N[2H])n2)c2nc(Cl)nc(Cl)n2)n1. The lowest BCUT2D eigenvalue weighted by molar-refractivity contribution is 0.816. The highest BCUT2D eigenvalue weighted by Gasteiger charge is 2.14. The van der Waals surface area contributed by atoms with E-state index in [0.29, 0.717) is 34.9 Å². The van der Waals surface area contributed by atoms with Crippen LogP contribution in [0.1, 0.15) is 0 Å². The Kier molecular flexibility index (Phi) is 7.67. The fourth-order valence-corrected chi connectivity index (χ4v) is 4.42. The molecular formula is C13H12Cl4N12S2. The molecule has 0 radical (unpaired) electrons. The number of nitrogens with two attached hydrogens (primary N) is 2. The summed E-state index contributed by atoms with van der Waals surface area (Å²) in [5.41, 5.74) is 4.16. The number of hydrogen-bond donors (Lipinski definition) is 2. The average Bonchev–Trinajstić information content (AvgIpc) is 2.76. The second-order valence-corrected chi connectivity index (χ2v) is 8.76. The van der Waals surface area contributed by atoms with Crippen LogP contribution < -0.4 is 16.4 Å². The first-order chi connectivity index (χ1) is 15.9. The van der Waals surface area contributed by atoms with Crippen molar-refractivity contribution in [3.8, 4) is 0 Å². The van der Waals surface area contributed by atoms with Crippen LogP contribution in [0.2, 0.25) is 24.0 Å². The van der Waals surface area contributed by atoms with E-state index in [1.54, 1.807) is 0 Å². The first-order valence-electron chi connectivity index (χ1n) is 9.12. The van der Waals surface area contributed by atoms with Gasteiger partial charge in [0.15, 0.2) is 13.1 Å². The Balaban J connectivity index is 1.67. The molecule has 0 aliphatic carbocycles. The van der Waals surface area contributed by atoms with Crippen molar-refractivity contribution in [3.63, 3.8) is 0 Å². The molecule has 3 aromatic heterocycles. The number of halogens is 4. The topological polar surface area (TPSA) is 171 Å². The molecule has 12 nitrogen and oxygen atoms in total. The molecule has 0 saturated carbocycles. The van der Waals surface area contributed by atoms with E-state index in [9.17, 15) is 0 Å². The van der Waals surface area contributed by atoms with E-state index in [1.165, 1.54) is 23.5 Å². The van der Waals surface area contributed by atoms with Crippen molar-refractivity contribution in [2.45, 2.75) is 10.3 Å². The van der Waals surface area contributed by atoms with Crippen LogP contribution in [0.3, 0.4) is 0 Å². The molecular weight excluding hydrogens is 530 g/mol. The lowest BCUT2D eigenvalue weighted by Crippen LogP contribution is -2.30. The molecule has 0 bridgehead atoms. The summed E-state index contributed by atoms with van der Waals surface area (Å²) in [6.07, 6.45) is 0. The smallest absolute Gasteiger partial charge is 0.231 e. The zero-order chi connectivity index (χ0) is 23.8. The first kappa shape index (κ1) is 21.2. The van der Waals surface area contributed by atoms with Gasteiger partial charge in [-0.1, -0.05) is 23.5 Å². The van der Waals surface area contributed by atoms with Crippen molar-refractivity contribution in [2.24, 2.45) is 0 Å². The van der Waals surface area contributed by atoms with E-state index < -0.39 is 0 Å².